The van der Waals surface area contributed by atoms with Crippen molar-refractivity contribution >= 4 is 0 Å². The molecule has 2 heterocycles. The lowest BCUT2D eigenvalue weighted by Crippen LogP contribution is -2.29. The first kappa shape index (κ1) is 17.0. The van der Waals surface area contributed by atoms with Crippen molar-refractivity contribution in [3.05, 3.63) is 95.1 Å². The van der Waals surface area contributed by atoms with Gasteiger partial charge in [0.05, 0.1) is 6.04 Å². The fraction of sp³-hybridized carbons (Fsp3) is 0.304. The summed E-state index contributed by atoms with van der Waals surface area (Å²) in [5, 5.41) is 0. The van der Waals surface area contributed by atoms with Crippen LogP contribution in [0.1, 0.15) is 41.8 Å². The standard InChI is InChI=1S/C23H25FN2/c1-2-18-9-11-19(12-10-18)17-26-15-5-14-25-13-4-8-22(25)23(26)20-6-3-7-21(24)16-20/h3-4,6-13,16,23H,2,5,14-15,17H2,1H3/t23-/m1/s1. The maximum atomic E-state index is 13.9. The molecule has 0 fully saturated rings. The van der Waals surface area contributed by atoms with Gasteiger partial charge in [0.15, 0.2) is 0 Å². The molecule has 0 saturated carbocycles. The Morgan fingerprint density at radius 1 is 0.962 bits per heavy atom. The van der Waals surface area contributed by atoms with Crippen LogP contribution < -0.4 is 0 Å². The molecule has 0 saturated heterocycles. The summed E-state index contributed by atoms with van der Waals surface area (Å²) >= 11 is 0. The van der Waals surface area contributed by atoms with Gasteiger partial charge in [-0.25, -0.2) is 4.39 Å². The van der Waals surface area contributed by atoms with Gasteiger partial charge in [-0.1, -0.05) is 43.3 Å². The van der Waals surface area contributed by atoms with Crippen molar-refractivity contribution in [3.8, 4) is 0 Å². The van der Waals surface area contributed by atoms with Gasteiger partial charge >= 0.3 is 0 Å². The Labute approximate surface area is 154 Å². The van der Waals surface area contributed by atoms with Crippen molar-refractivity contribution < 1.29 is 4.39 Å². The predicted octanol–water partition coefficient (Wildman–Crippen LogP) is 5.18. The van der Waals surface area contributed by atoms with Gasteiger partial charge in [0, 0.05) is 31.5 Å². The second-order valence-corrected chi connectivity index (χ2v) is 7.08. The van der Waals surface area contributed by atoms with Crippen molar-refractivity contribution in [3.63, 3.8) is 0 Å². The topological polar surface area (TPSA) is 8.17 Å². The number of rotatable bonds is 4. The Morgan fingerprint density at radius 2 is 1.77 bits per heavy atom. The fourth-order valence-electron chi connectivity index (χ4n) is 3.98. The van der Waals surface area contributed by atoms with Crippen molar-refractivity contribution in [2.75, 3.05) is 6.54 Å². The van der Waals surface area contributed by atoms with Gasteiger partial charge in [-0.05, 0) is 53.8 Å². The fourth-order valence-corrected chi connectivity index (χ4v) is 3.98. The van der Waals surface area contributed by atoms with Crippen LogP contribution in [-0.2, 0) is 19.5 Å². The molecule has 4 rings (SSSR count). The molecule has 0 aliphatic carbocycles. The van der Waals surface area contributed by atoms with E-state index in [-0.39, 0.29) is 11.9 Å². The van der Waals surface area contributed by atoms with Crippen LogP contribution in [0.5, 0.6) is 0 Å². The Kier molecular flexibility index (Phi) is 4.89. The molecule has 3 heteroatoms. The lowest BCUT2D eigenvalue weighted by atomic mass is 10.0. The number of hydrogen-bond acceptors (Lipinski definition) is 1. The monoisotopic (exact) mass is 348 g/mol. The summed E-state index contributed by atoms with van der Waals surface area (Å²) < 4.78 is 16.3. The van der Waals surface area contributed by atoms with E-state index >= 15 is 0 Å². The Balaban J connectivity index is 1.70. The lowest BCUT2D eigenvalue weighted by molar-refractivity contribution is 0.220. The van der Waals surface area contributed by atoms with E-state index in [2.05, 4.69) is 59.0 Å². The van der Waals surface area contributed by atoms with Crippen LogP contribution in [0.25, 0.3) is 0 Å². The van der Waals surface area contributed by atoms with Crippen LogP contribution in [0.3, 0.4) is 0 Å². The number of hydrogen-bond donors (Lipinski definition) is 0. The molecule has 2 nitrogen and oxygen atoms in total. The molecule has 2 aromatic carbocycles. The van der Waals surface area contributed by atoms with Crippen LogP contribution >= 0.6 is 0 Å². The van der Waals surface area contributed by atoms with Gasteiger partial charge in [-0.15, -0.1) is 0 Å². The summed E-state index contributed by atoms with van der Waals surface area (Å²) in [6.07, 6.45) is 4.30. The normalized spacial score (nSPS) is 17.7. The first-order chi connectivity index (χ1) is 12.7. The highest BCUT2D eigenvalue weighted by Crippen LogP contribution is 2.33. The highest BCUT2D eigenvalue weighted by atomic mass is 19.1. The molecule has 0 bridgehead atoms. The minimum atomic E-state index is -0.169. The van der Waals surface area contributed by atoms with Gasteiger partial charge < -0.3 is 4.57 Å². The predicted molar refractivity (Wildman–Crippen MR) is 104 cm³/mol. The number of fused-ring (bicyclic) bond motifs is 1. The molecule has 1 aliphatic rings. The summed E-state index contributed by atoms with van der Waals surface area (Å²) in [4.78, 5) is 2.48. The molecule has 0 N–H and O–H groups in total. The minimum Gasteiger partial charge on any atom is -0.350 e. The van der Waals surface area contributed by atoms with Crippen molar-refractivity contribution in [2.45, 2.75) is 38.9 Å². The number of nitrogens with zero attached hydrogens (tertiary/aromatic N) is 2. The first-order valence-electron chi connectivity index (χ1n) is 9.47. The summed E-state index contributed by atoms with van der Waals surface area (Å²) in [6.45, 7) is 5.06. The smallest absolute Gasteiger partial charge is 0.123 e. The summed E-state index contributed by atoms with van der Waals surface area (Å²) in [6, 6.07) is 20.3. The Hall–Kier alpha value is -2.39. The molecule has 1 aliphatic heterocycles. The zero-order valence-corrected chi connectivity index (χ0v) is 15.2. The SMILES string of the molecule is CCc1ccc(CN2CCCn3cccc3[C@H]2c2cccc(F)c2)cc1. The van der Waals surface area contributed by atoms with Crippen LogP contribution in [-0.4, -0.2) is 16.0 Å². The molecule has 26 heavy (non-hydrogen) atoms. The van der Waals surface area contributed by atoms with E-state index < -0.39 is 0 Å². The average Bonchev–Trinajstić information content (AvgIpc) is 3.04. The molecular formula is C23H25FN2. The summed E-state index contributed by atoms with van der Waals surface area (Å²) in [5.41, 5.74) is 4.94. The minimum absolute atomic E-state index is 0.0778. The largest absolute Gasteiger partial charge is 0.350 e. The van der Waals surface area contributed by atoms with E-state index in [4.69, 9.17) is 0 Å². The highest BCUT2D eigenvalue weighted by Gasteiger charge is 2.27. The Morgan fingerprint density at radius 3 is 2.54 bits per heavy atom. The number of aryl methyl sites for hydroxylation is 2. The number of benzene rings is 2. The quantitative estimate of drug-likeness (QED) is 0.630. The molecule has 0 amide bonds. The maximum absolute atomic E-state index is 13.9. The van der Waals surface area contributed by atoms with Crippen LogP contribution in [0.4, 0.5) is 4.39 Å². The molecule has 1 atom stereocenters. The van der Waals surface area contributed by atoms with Crippen LogP contribution in [0.2, 0.25) is 0 Å². The van der Waals surface area contributed by atoms with Gasteiger partial charge in [0.25, 0.3) is 0 Å². The number of aromatic nitrogens is 1. The van der Waals surface area contributed by atoms with E-state index in [1.807, 2.05) is 12.1 Å². The van der Waals surface area contributed by atoms with Crippen LogP contribution in [0.15, 0.2) is 66.9 Å². The third-order valence-electron chi connectivity index (χ3n) is 5.34. The zero-order valence-electron chi connectivity index (χ0n) is 15.2. The highest BCUT2D eigenvalue weighted by molar-refractivity contribution is 5.31. The lowest BCUT2D eigenvalue weighted by Gasteiger charge is -2.30. The van der Waals surface area contributed by atoms with Crippen LogP contribution in [0, 0.1) is 5.82 Å². The third kappa shape index (κ3) is 3.45. The first-order valence-corrected chi connectivity index (χ1v) is 9.47. The van der Waals surface area contributed by atoms with E-state index in [0.717, 1.165) is 38.0 Å². The third-order valence-corrected chi connectivity index (χ3v) is 5.34. The molecule has 0 radical (unpaired) electrons. The summed E-state index contributed by atoms with van der Waals surface area (Å²) in [7, 11) is 0. The summed E-state index contributed by atoms with van der Waals surface area (Å²) in [5.74, 6) is -0.169. The van der Waals surface area contributed by atoms with Crippen molar-refractivity contribution in [2.24, 2.45) is 0 Å². The molecule has 1 aromatic heterocycles. The van der Waals surface area contributed by atoms with Crippen molar-refractivity contribution in [1.82, 2.24) is 9.47 Å². The van der Waals surface area contributed by atoms with Crippen molar-refractivity contribution in [1.29, 1.82) is 0 Å². The van der Waals surface area contributed by atoms with E-state index in [1.54, 1.807) is 6.07 Å². The van der Waals surface area contributed by atoms with Gasteiger partial charge in [-0.3, -0.25) is 4.90 Å². The average molecular weight is 348 g/mol. The number of halogens is 1. The Bertz CT molecular complexity index is 866. The van der Waals surface area contributed by atoms with Gasteiger partial charge in [0.2, 0.25) is 0 Å². The maximum Gasteiger partial charge on any atom is 0.123 e. The van der Waals surface area contributed by atoms with Gasteiger partial charge in [0.1, 0.15) is 5.82 Å². The molecule has 3 aromatic rings. The second-order valence-electron chi connectivity index (χ2n) is 7.08. The van der Waals surface area contributed by atoms with E-state index in [1.165, 1.54) is 22.9 Å². The molecule has 134 valence electrons. The second kappa shape index (κ2) is 7.46. The molecular weight excluding hydrogens is 323 g/mol. The molecule has 0 spiro atoms. The zero-order chi connectivity index (χ0) is 17.9. The van der Waals surface area contributed by atoms with E-state index in [0.29, 0.717) is 0 Å². The van der Waals surface area contributed by atoms with E-state index in [9.17, 15) is 4.39 Å². The van der Waals surface area contributed by atoms with Gasteiger partial charge in [-0.2, -0.15) is 0 Å². The molecule has 0 unspecified atom stereocenters.